The first-order chi connectivity index (χ1) is 8.83. The Bertz CT molecular complexity index is 379. The molecule has 0 saturated carbocycles. The zero-order valence-corrected chi connectivity index (χ0v) is 11.1. The van der Waals surface area contributed by atoms with Crippen molar-refractivity contribution >= 4 is 0 Å². The monoisotopic (exact) mass is 249 g/mol. The maximum atomic E-state index is 9.78. The Morgan fingerprint density at radius 2 is 2.22 bits per heavy atom. The normalized spacial score (nSPS) is 17.9. The molecule has 3 nitrogen and oxygen atoms in total. The lowest BCUT2D eigenvalue weighted by atomic mass is 10.1. The Morgan fingerprint density at radius 3 is 3.06 bits per heavy atom. The summed E-state index contributed by atoms with van der Waals surface area (Å²) in [5, 5.41) is 13.4. The van der Waals surface area contributed by atoms with E-state index in [0.29, 0.717) is 11.8 Å². The number of aromatic hydroxyl groups is 1. The average Bonchev–Trinajstić information content (AvgIpc) is 2.79. The van der Waals surface area contributed by atoms with Crippen molar-refractivity contribution in [3.05, 3.63) is 29.3 Å². The van der Waals surface area contributed by atoms with E-state index in [1.165, 1.54) is 18.4 Å². The van der Waals surface area contributed by atoms with E-state index >= 15 is 0 Å². The molecule has 0 heterocycles. The number of unbranched alkanes of at least 4 members (excludes halogenated alkanes) is 2. The molecule has 1 aliphatic carbocycles. The lowest BCUT2D eigenvalue weighted by Crippen LogP contribution is -2.20. The zero-order valence-electron chi connectivity index (χ0n) is 11.1. The van der Waals surface area contributed by atoms with Crippen LogP contribution in [0, 0.1) is 0 Å². The van der Waals surface area contributed by atoms with Crippen LogP contribution in [0.15, 0.2) is 18.2 Å². The van der Waals surface area contributed by atoms with E-state index in [0.717, 1.165) is 38.0 Å². The van der Waals surface area contributed by atoms with Gasteiger partial charge in [-0.1, -0.05) is 12.1 Å². The molecule has 1 atom stereocenters. The van der Waals surface area contributed by atoms with E-state index < -0.39 is 0 Å². The molecule has 0 bridgehead atoms. The third kappa shape index (κ3) is 3.24. The highest BCUT2D eigenvalue weighted by atomic mass is 16.5. The van der Waals surface area contributed by atoms with E-state index in [-0.39, 0.29) is 0 Å². The molecular weight excluding hydrogens is 226 g/mol. The Morgan fingerprint density at radius 1 is 1.33 bits per heavy atom. The summed E-state index contributed by atoms with van der Waals surface area (Å²) in [6.45, 7) is 1.91. The number of methoxy groups -OCH3 is 1. The van der Waals surface area contributed by atoms with Gasteiger partial charge in [0.1, 0.15) is 5.75 Å². The van der Waals surface area contributed by atoms with Gasteiger partial charge in [0.2, 0.25) is 0 Å². The van der Waals surface area contributed by atoms with Crippen molar-refractivity contribution in [2.45, 2.75) is 38.1 Å². The van der Waals surface area contributed by atoms with Crippen molar-refractivity contribution < 1.29 is 9.84 Å². The van der Waals surface area contributed by atoms with Crippen LogP contribution in [0.25, 0.3) is 0 Å². The van der Waals surface area contributed by atoms with Crippen molar-refractivity contribution in [2.75, 3.05) is 20.3 Å². The summed E-state index contributed by atoms with van der Waals surface area (Å²) < 4.78 is 5.03. The summed E-state index contributed by atoms with van der Waals surface area (Å²) in [5.41, 5.74) is 2.42. The number of rotatable bonds is 7. The largest absolute Gasteiger partial charge is 0.508 e. The molecule has 1 aromatic rings. The summed E-state index contributed by atoms with van der Waals surface area (Å²) >= 11 is 0. The molecule has 0 fully saturated rings. The predicted octanol–water partition coefficient (Wildman–Crippen LogP) is 2.79. The van der Waals surface area contributed by atoms with Crippen LogP contribution in [0.1, 0.15) is 42.9 Å². The number of benzene rings is 1. The summed E-state index contributed by atoms with van der Waals surface area (Å²) in [4.78, 5) is 0. The summed E-state index contributed by atoms with van der Waals surface area (Å²) in [6, 6.07) is 6.28. The Labute approximate surface area is 109 Å². The maximum absolute atomic E-state index is 9.78. The van der Waals surface area contributed by atoms with Gasteiger partial charge in [0, 0.05) is 19.8 Å². The van der Waals surface area contributed by atoms with Crippen LogP contribution in [-0.4, -0.2) is 25.4 Å². The molecule has 2 rings (SSSR count). The minimum absolute atomic E-state index is 0.425. The first-order valence-electron chi connectivity index (χ1n) is 6.86. The highest BCUT2D eigenvalue weighted by molar-refractivity contribution is 5.44. The van der Waals surface area contributed by atoms with Crippen LogP contribution in [0.3, 0.4) is 0 Å². The first kappa shape index (κ1) is 13.4. The Hall–Kier alpha value is -1.06. The molecule has 18 heavy (non-hydrogen) atoms. The van der Waals surface area contributed by atoms with Gasteiger partial charge >= 0.3 is 0 Å². The fourth-order valence-electron chi connectivity index (χ4n) is 2.67. The van der Waals surface area contributed by atoms with Crippen molar-refractivity contribution in [2.24, 2.45) is 0 Å². The molecule has 0 aliphatic heterocycles. The van der Waals surface area contributed by atoms with Gasteiger partial charge in [0.25, 0.3) is 0 Å². The summed E-state index contributed by atoms with van der Waals surface area (Å²) in [6.07, 6.45) is 5.63. The van der Waals surface area contributed by atoms with Crippen LogP contribution in [-0.2, 0) is 11.2 Å². The maximum Gasteiger partial charge on any atom is 0.119 e. The second-order valence-electron chi connectivity index (χ2n) is 4.94. The Kier molecular flexibility index (Phi) is 5.02. The highest BCUT2D eigenvalue weighted by Crippen LogP contribution is 2.36. The minimum atomic E-state index is 0.425. The van der Waals surface area contributed by atoms with E-state index in [2.05, 4.69) is 11.4 Å². The van der Waals surface area contributed by atoms with Crippen molar-refractivity contribution in [3.8, 4) is 5.75 Å². The molecule has 0 aromatic heterocycles. The molecular formula is C15H23NO2. The molecule has 0 radical (unpaired) electrons. The second-order valence-corrected chi connectivity index (χ2v) is 4.94. The van der Waals surface area contributed by atoms with Gasteiger partial charge in [0.15, 0.2) is 0 Å². The second kappa shape index (κ2) is 6.76. The Balaban J connectivity index is 1.75. The number of phenols is 1. The van der Waals surface area contributed by atoms with Crippen molar-refractivity contribution in [1.82, 2.24) is 5.32 Å². The molecule has 0 amide bonds. The molecule has 0 saturated heterocycles. The first-order valence-corrected chi connectivity index (χ1v) is 6.86. The lowest BCUT2D eigenvalue weighted by molar-refractivity contribution is 0.192. The van der Waals surface area contributed by atoms with Crippen molar-refractivity contribution in [3.63, 3.8) is 0 Å². The van der Waals surface area contributed by atoms with Gasteiger partial charge in [-0.15, -0.1) is 0 Å². The van der Waals surface area contributed by atoms with Gasteiger partial charge in [-0.25, -0.2) is 0 Å². The smallest absolute Gasteiger partial charge is 0.119 e. The average molecular weight is 249 g/mol. The molecule has 0 spiro atoms. The van der Waals surface area contributed by atoms with Crippen LogP contribution < -0.4 is 5.32 Å². The fourth-order valence-corrected chi connectivity index (χ4v) is 2.67. The van der Waals surface area contributed by atoms with Crippen LogP contribution in [0.4, 0.5) is 0 Å². The molecule has 1 unspecified atom stereocenters. The van der Waals surface area contributed by atoms with Crippen molar-refractivity contribution in [1.29, 1.82) is 0 Å². The predicted molar refractivity (Wildman–Crippen MR) is 72.9 cm³/mol. The van der Waals surface area contributed by atoms with E-state index in [9.17, 15) is 5.11 Å². The standard InChI is InChI=1S/C15H23NO2/c1-18-11-4-2-3-10-16-14-9-8-13-12(14)6-5-7-15(13)17/h5-7,14,16-17H,2-4,8-11H2,1H3. The molecule has 3 heteroatoms. The quantitative estimate of drug-likeness (QED) is 0.730. The highest BCUT2D eigenvalue weighted by Gasteiger charge is 2.23. The third-order valence-electron chi connectivity index (χ3n) is 3.66. The number of hydrogen-bond acceptors (Lipinski definition) is 3. The third-order valence-corrected chi connectivity index (χ3v) is 3.66. The van der Waals surface area contributed by atoms with Gasteiger partial charge in [-0.2, -0.15) is 0 Å². The van der Waals surface area contributed by atoms with Crippen LogP contribution >= 0.6 is 0 Å². The summed E-state index contributed by atoms with van der Waals surface area (Å²) in [7, 11) is 1.75. The van der Waals surface area contributed by atoms with E-state index in [1.807, 2.05) is 6.07 Å². The zero-order chi connectivity index (χ0) is 12.8. The van der Waals surface area contributed by atoms with E-state index in [1.54, 1.807) is 13.2 Å². The minimum Gasteiger partial charge on any atom is -0.508 e. The molecule has 1 aliphatic rings. The van der Waals surface area contributed by atoms with Gasteiger partial charge < -0.3 is 15.2 Å². The fraction of sp³-hybridized carbons (Fsp3) is 0.600. The SMILES string of the molecule is COCCCCCNC1CCc2c(O)cccc21. The van der Waals surface area contributed by atoms with Crippen LogP contribution in [0.5, 0.6) is 5.75 Å². The molecule has 100 valence electrons. The van der Waals surface area contributed by atoms with Gasteiger partial charge in [-0.05, 0) is 55.8 Å². The van der Waals surface area contributed by atoms with Crippen LogP contribution in [0.2, 0.25) is 0 Å². The lowest BCUT2D eigenvalue weighted by Gasteiger charge is -2.14. The number of ether oxygens (including phenoxy) is 1. The topological polar surface area (TPSA) is 41.5 Å². The summed E-state index contributed by atoms with van der Waals surface area (Å²) in [5.74, 6) is 0.455. The van der Waals surface area contributed by atoms with Gasteiger partial charge in [0.05, 0.1) is 0 Å². The van der Waals surface area contributed by atoms with E-state index in [4.69, 9.17) is 4.74 Å². The number of hydrogen-bond donors (Lipinski definition) is 2. The number of fused-ring (bicyclic) bond motifs is 1. The molecule has 2 N–H and O–H groups in total. The number of nitrogens with one attached hydrogen (secondary N) is 1. The van der Waals surface area contributed by atoms with Gasteiger partial charge in [-0.3, -0.25) is 0 Å². The molecule has 1 aromatic carbocycles. The number of phenolic OH excluding ortho intramolecular Hbond substituents is 1.